The summed E-state index contributed by atoms with van der Waals surface area (Å²) in [6.07, 6.45) is 1.33. The van der Waals surface area contributed by atoms with E-state index in [1.54, 1.807) is 6.07 Å². The Kier molecular flexibility index (Phi) is 3.08. The topological polar surface area (TPSA) is 92.6 Å². The van der Waals surface area contributed by atoms with E-state index in [9.17, 15) is 4.79 Å². The molecule has 0 saturated carbocycles. The number of hydrogen-bond acceptors (Lipinski definition) is 4. The van der Waals surface area contributed by atoms with Crippen LogP contribution in [0.2, 0.25) is 0 Å². The van der Waals surface area contributed by atoms with Gasteiger partial charge < -0.3 is 21.5 Å². The minimum atomic E-state index is -0.699. The summed E-state index contributed by atoms with van der Waals surface area (Å²) in [6.45, 7) is 1.45. The van der Waals surface area contributed by atoms with Gasteiger partial charge >= 0.3 is 5.97 Å². The normalized spacial score (nSPS) is 17.1. The second-order valence-electron chi connectivity index (χ2n) is 4.42. The van der Waals surface area contributed by atoms with Crippen molar-refractivity contribution in [3.8, 4) is 0 Å². The number of nitrogen functional groups attached to an aromatic ring is 2. The molecule has 0 radical (unpaired) electrons. The van der Waals surface area contributed by atoms with Crippen LogP contribution in [0.1, 0.15) is 12.8 Å². The number of carbonyl (C=O) groups is 1. The molecule has 1 saturated heterocycles. The molecule has 5 N–H and O–H groups in total. The van der Waals surface area contributed by atoms with E-state index in [-0.39, 0.29) is 5.92 Å². The standard InChI is InChI=1S/C12H17N3O2/c13-9-1-2-11(10(14)7-9)15-5-3-8(4-6-15)12(16)17/h1-2,7-8H,3-6,13-14H2,(H,16,17). The van der Waals surface area contributed by atoms with Crippen molar-refractivity contribution in [2.75, 3.05) is 29.5 Å². The third kappa shape index (κ3) is 2.43. The van der Waals surface area contributed by atoms with E-state index in [1.165, 1.54) is 0 Å². The summed E-state index contributed by atoms with van der Waals surface area (Å²) >= 11 is 0. The number of piperidine rings is 1. The van der Waals surface area contributed by atoms with Crippen LogP contribution in [0.4, 0.5) is 17.1 Å². The first kappa shape index (κ1) is 11.6. The summed E-state index contributed by atoms with van der Waals surface area (Å²) in [5.74, 6) is -0.920. The van der Waals surface area contributed by atoms with E-state index in [2.05, 4.69) is 4.90 Å². The Morgan fingerprint density at radius 1 is 1.29 bits per heavy atom. The van der Waals surface area contributed by atoms with Gasteiger partial charge in [0.25, 0.3) is 0 Å². The van der Waals surface area contributed by atoms with E-state index in [4.69, 9.17) is 16.6 Å². The van der Waals surface area contributed by atoms with Crippen LogP contribution in [0.3, 0.4) is 0 Å². The van der Waals surface area contributed by atoms with Gasteiger partial charge in [-0.1, -0.05) is 0 Å². The van der Waals surface area contributed by atoms with Gasteiger partial charge in [0, 0.05) is 18.8 Å². The quantitative estimate of drug-likeness (QED) is 0.669. The molecule has 0 unspecified atom stereocenters. The number of nitrogens with zero attached hydrogens (tertiary/aromatic N) is 1. The molecule has 92 valence electrons. The molecule has 1 aliphatic heterocycles. The van der Waals surface area contributed by atoms with E-state index in [0.717, 1.165) is 18.8 Å². The molecule has 17 heavy (non-hydrogen) atoms. The Balaban J connectivity index is 2.08. The average Bonchev–Trinajstić information content (AvgIpc) is 2.29. The van der Waals surface area contributed by atoms with Crippen LogP contribution < -0.4 is 16.4 Å². The van der Waals surface area contributed by atoms with Crippen LogP contribution in [0, 0.1) is 5.92 Å². The number of aliphatic carboxylic acids is 1. The highest BCUT2D eigenvalue weighted by Gasteiger charge is 2.25. The number of anilines is 3. The molecule has 0 bridgehead atoms. The summed E-state index contributed by atoms with van der Waals surface area (Å²) < 4.78 is 0. The highest BCUT2D eigenvalue weighted by atomic mass is 16.4. The van der Waals surface area contributed by atoms with Crippen LogP contribution in [-0.4, -0.2) is 24.2 Å². The van der Waals surface area contributed by atoms with Crippen LogP contribution in [0.25, 0.3) is 0 Å². The van der Waals surface area contributed by atoms with Crippen LogP contribution in [-0.2, 0) is 4.79 Å². The minimum absolute atomic E-state index is 0.221. The molecule has 1 fully saturated rings. The number of benzene rings is 1. The number of hydrogen-bond donors (Lipinski definition) is 3. The highest BCUT2D eigenvalue weighted by molar-refractivity contribution is 5.73. The second kappa shape index (κ2) is 4.53. The summed E-state index contributed by atoms with van der Waals surface area (Å²) in [4.78, 5) is 13.0. The molecule has 0 aliphatic carbocycles. The van der Waals surface area contributed by atoms with Gasteiger partial charge in [0.05, 0.1) is 17.3 Å². The minimum Gasteiger partial charge on any atom is -0.481 e. The lowest BCUT2D eigenvalue weighted by Gasteiger charge is -2.32. The van der Waals surface area contributed by atoms with Crippen molar-refractivity contribution < 1.29 is 9.90 Å². The first-order valence-electron chi connectivity index (χ1n) is 5.70. The van der Waals surface area contributed by atoms with Crippen molar-refractivity contribution in [3.05, 3.63) is 18.2 Å². The van der Waals surface area contributed by atoms with Gasteiger partial charge in [-0.25, -0.2) is 0 Å². The third-order valence-electron chi connectivity index (χ3n) is 3.24. The molecule has 5 heteroatoms. The molecule has 0 spiro atoms. The Labute approximate surface area is 100 Å². The molecule has 0 aromatic heterocycles. The zero-order valence-electron chi connectivity index (χ0n) is 9.60. The van der Waals surface area contributed by atoms with Gasteiger partial charge in [0.1, 0.15) is 0 Å². The second-order valence-corrected chi connectivity index (χ2v) is 4.42. The average molecular weight is 235 g/mol. The van der Waals surface area contributed by atoms with Gasteiger partial charge in [0.2, 0.25) is 0 Å². The summed E-state index contributed by atoms with van der Waals surface area (Å²) in [6, 6.07) is 5.44. The van der Waals surface area contributed by atoms with Crippen LogP contribution in [0.15, 0.2) is 18.2 Å². The maximum Gasteiger partial charge on any atom is 0.306 e. The highest BCUT2D eigenvalue weighted by Crippen LogP contribution is 2.29. The molecule has 1 aliphatic rings. The molecule has 1 aromatic rings. The molecular weight excluding hydrogens is 218 g/mol. The largest absolute Gasteiger partial charge is 0.481 e. The molecule has 1 heterocycles. The molecule has 0 amide bonds. The summed E-state index contributed by atoms with van der Waals surface area (Å²) in [5.41, 5.74) is 13.8. The fourth-order valence-corrected chi connectivity index (χ4v) is 2.23. The maximum atomic E-state index is 10.8. The van der Waals surface area contributed by atoms with Crippen LogP contribution in [0.5, 0.6) is 0 Å². The van der Waals surface area contributed by atoms with Crippen molar-refractivity contribution in [2.24, 2.45) is 5.92 Å². The van der Waals surface area contributed by atoms with Gasteiger partial charge in [-0.3, -0.25) is 4.79 Å². The predicted molar refractivity (Wildman–Crippen MR) is 67.8 cm³/mol. The molecular formula is C12H17N3O2. The fraction of sp³-hybridized carbons (Fsp3) is 0.417. The maximum absolute atomic E-state index is 10.8. The number of rotatable bonds is 2. The third-order valence-corrected chi connectivity index (χ3v) is 3.24. The Hall–Kier alpha value is -1.91. The zero-order chi connectivity index (χ0) is 12.4. The van der Waals surface area contributed by atoms with Crippen molar-refractivity contribution in [1.29, 1.82) is 0 Å². The number of nitrogens with two attached hydrogens (primary N) is 2. The fourth-order valence-electron chi connectivity index (χ4n) is 2.23. The van der Waals surface area contributed by atoms with E-state index in [0.29, 0.717) is 24.2 Å². The van der Waals surface area contributed by atoms with Gasteiger partial charge in [-0.15, -0.1) is 0 Å². The molecule has 0 atom stereocenters. The Bertz CT molecular complexity index is 426. The zero-order valence-corrected chi connectivity index (χ0v) is 9.60. The van der Waals surface area contributed by atoms with E-state index >= 15 is 0 Å². The van der Waals surface area contributed by atoms with Gasteiger partial charge in [-0.05, 0) is 31.0 Å². The lowest BCUT2D eigenvalue weighted by molar-refractivity contribution is -0.142. The van der Waals surface area contributed by atoms with Crippen molar-refractivity contribution >= 4 is 23.0 Å². The molecule has 1 aromatic carbocycles. The SMILES string of the molecule is Nc1ccc(N2CCC(C(=O)O)CC2)c(N)c1. The number of carboxylic acids is 1. The predicted octanol–water partition coefficient (Wildman–Crippen LogP) is 1.15. The molecule has 5 nitrogen and oxygen atoms in total. The van der Waals surface area contributed by atoms with Crippen molar-refractivity contribution in [2.45, 2.75) is 12.8 Å². The first-order chi connectivity index (χ1) is 8.08. The van der Waals surface area contributed by atoms with E-state index in [1.807, 2.05) is 12.1 Å². The molecule has 2 rings (SSSR count). The summed E-state index contributed by atoms with van der Waals surface area (Å²) in [7, 11) is 0. The Morgan fingerprint density at radius 3 is 2.47 bits per heavy atom. The van der Waals surface area contributed by atoms with E-state index < -0.39 is 5.97 Å². The van der Waals surface area contributed by atoms with Crippen LogP contribution >= 0.6 is 0 Å². The first-order valence-corrected chi connectivity index (χ1v) is 5.70. The lowest BCUT2D eigenvalue weighted by Crippen LogP contribution is -2.36. The van der Waals surface area contributed by atoms with Crippen molar-refractivity contribution in [1.82, 2.24) is 0 Å². The summed E-state index contributed by atoms with van der Waals surface area (Å²) in [5, 5.41) is 8.93. The monoisotopic (exact) mass is 235 g/mol. The smallest absolute Gasteiger partial charge is 0.306 e. The lowest BCUT2D eigenvalue weighted by atomic mass is 9.96. The van der Waals surface area contributed by atoms with Crippen molar-refractivity contribution in [3.63, 3.8) is 0 Å². The van der Waals surface area contributed by atoms with Gasteiger partial charge in [0.15, 0.2) is 0 Å². The number of carboxylic acid groups (broad SMARTS) is 1. The Morgan fingerprint density at radius 2 is 1.94 bits per heavy atom. The van der Waals surface area contributed by atoms with Gasteiger partial charge in [-0.2, -0.15) is 0 Å².